The number of hydrogen-bond acceptors (Lipinski definition) is 3. The number of halogens is 1. The van der Waals surface area contributed by atoms with E-state index >= 15 is 0 Å². The van der Waals surface area contributed by atoms with Crippen molar-refractivity contribution < 1.29 is 14.3 Å². The number of benzene rings is 1. The highest BCUT2D eigenvalue weighted by Gasteiger charge is 2.34. The molecule has 0 bridgehead atoms. The minimum absolute atomic E-state index is 0.148. The zero-order valence-electron chi connectivity index (χ0n) is 14.7. The summed E-state index contributed by atoms with van der Waals surface area (Å²) >= 11 is 0. The van der Waals surface area contributed by atoms with Gasteiger partial charge in [-0.1, -0.05) is 19.8 Å². The minimum Gasteiger partial charge on any atom is -0.388 e. The van der Waals surface area contributed by atoms with E-state index in [1.54, 1.807) is 35.0 Å². The molecule has 25 heavy (non-hydrogen) atoms. The van der Waals surface area contributed by atoms with Gasteiger partial charge in [-0.05, 0) is 43.5 Å². The number of amides is 1. The molecule has 1 aromatic heterocycles. The molecule has 0 unspecified atom stereocenters. The molecule has 1 aliphatic rings. The van der Waals surface area contributed by atoms with Crippen LogP contribution in [0.2, 0.25) is 0 Å². The molecule has 3 rings (SSSR count). The lowest BCUT2D eigenvalue weighted by atomic mass is 10.0. The molecular formula is C19H24FN3O2. The number of hydrogen-bond donors (Lipinski definition) is 1. The van der Waals surface area contributed by atoms with Crippen LogP contribution in [0.1, 0.15) is 48.7 Å². The lowest BCUT2D eigenvalue weighted by Gasteiger charge is -2.28. The van der Waals surface area contributed by atoms with Gasteiger partial charge in [-0.2, -0.15) is 5.10 Å². The van der Waals surface area contributed by atoms with Crippen molar-refractivity contribution in [1.29, 1.82) is 0 Å². The lowest BCUT2D eigenvalue weighted by Crippen LogP contribution is -2.42. The average molecular weight is 345 g/mol. The van der Waals surface area contributed by atoms with Crippen molar-refractivity contribution in [1.82, 2.24) is 14.7 Å². The van der Waals surface area contributed by atoms with Crippen molar-refractivity contribution in [2.75, 3.05) is 13.6 Å². The van der Waals surface area contributed by atoms with E-state index in [9.17, 15) is 14.3 Å². The van der Waals surface area contributed by atoms with Crippen molar-refractivity contribution in [3.63, 3.8) is 0 Å². The Morgan fingerprint density at radius 3 is 2.56 bits per heavy atom. The molecular weight excluding hydrogens is 321 g/mol. The fourth-order valence-electron chi connectivity index (χ4n) is 3.61. The third-order valence-electron chi connectivity index (χ3n) is 4.92. The van der Waals surface area contributed by atoms with Crippen LogP contribution >= 0.6 is 0 Å². The van der Waals surface area contributed by atoms with Gasteiger partial charge >= 0.3 is 0 Å². The normalized spacial score (nSPS) is 16.2. The van der Waals surface area contributed by atoms with E-state index in [4.69, 9.17) is 0 Å². The Balaban J connectivity index is 1.84. The first kappa shape index (κ1) is 17.6. The second kappa shape index (κ2) is 6.96. The highest BCUT2D eigenvalue weighted by atomic mass is 19.1. The molecule has 1 aliphatic carbocycles. The summed E-state index contributed by atoms with van der Waals surface area (Å²) in [4.78, 5) is 14.4. The molecule has 0 atom stereocenters. The molecule has 0 aliphatic heterocycles. The van der Waals surface area contributed by atoms with Gasteiger partial charge in [-0.15, -0.1) is 0 Å². The molecule has 1 amide bonds. The Kier molecular flexibility index (Phi) is 4.90. The number of rotatable bonds is 5. The standard InChI is InChI=1S/C19H24FN3O2/c1-3-17-16(12-21-23(17)15-8-6-14(20)7-9-15)18(24)22(2)13-19(25)10-4-5-11-19/h6-9,12,25H,3-5,10-11,13H2,1-2H3. The average Bonchev–Trinajstić information content (AvgIpc) is 3.21. The Labute approximate surface area is 147 Å². The van der Waals surface area contributed by atoms with E-state index < -0.39 is 5.60 Å². The maximum Gasteiger partial charge on any atom is 0.257 e. The summed E-state index contributed by atoms with van der Waals surface area (Å²) in [5.74, 6) is -0.458. The van der Waals surface area contributed by atoms with Crippen LogP contribution in [-0.4, -0.2) is 44.9 Å². The van der Waals surface area contributed by atoms with Gasteiger partial charge in [0, 0.05) is 13.6 Å². The highest BCUT2D eigenvalue weighted by Crippen LogP contribution is 2.30. The summed E-state index contributed by atoms with van der Waals surface area (Å²) < 4.78 is 14.8. The van der Waals surface area contributed by atoms with Gasteiger partial charge in [0.15, 0.2) is 0 Å². The van der Waals surface area contributed by atoms with Crippen molar-refractivity contribution in [2.24, 2.45) is 0 Å². The number of likely N-dealkylation sites (N-methyl/N-ethyl adjacent to an activating group) is 1. The van der Waals surface area contributed by atoms with E-state index in [-0.39, 0.29) is 11.7 Å². The zero-order valence-corrected chi connectivity index (χ0v) is 14.7. The number of aromatic nitrogens is 2. The van der Waals surface area contributed by atoms with Crippen molar-refractivity contribution in [2.45, 2.75) is 44.6 Å². The molecule has 1 aromatic carbocycles. The largest absolute Gasteiger partial charge is 0.388 e. The molecule has 2 aromatic rings. The summed E-state index contributed by atoms with van der Waals surface area (Å²) in [5, 5.41) is 14.9. The Bertz CT molecular complexity index is 749. The summed E-state index contributed by atoms with van der Waals surface area (Å²) in [6.45, 7) is 2.29. The van der Waals surface area contributed by atoms with Gasteiger partial charge in [0.2, 0.25) is 0 Å². The molecule has 134 valence electrons. The third kappa shape index (κ3) is 3.58. The molecule has 1 fully saturated rings. The first-order valence-electron chi connectivity index (χ1n) is 8.74. The Morgan fingerprint density at radius 1 is 1.32 bits per heavy atom. The van der Waals surface area contributed by atoms with Crippen molar-refractivity contribution in [3.05, 3.63) is 47.5 Å². The van der Waals surface area contributed by atoms with Gasteiger partial charge < -0.3 is 10.0 Å². The van der Waals surface area contributed by atoms with Crippen molar-refractivity contribution in [3.8, 4) is 5.69 Å². The third-order valence-corrected chi connectivity index (χ3v) is 4.92. The topological polar surface area (TPSA) is 58.4 Å². The number of aliphatic hydroxyl groups is 1. The fraction of sp³-hybridized carbons (Fsp3) is 0.474. The SMILES string of the molecule is CCc1c(C(=O)N(C)CC2(O)CCCC2)cnn1-c1ccc(F)cc1. The van der Waals surface area contributed by atoms with E-state index in [0.29, 0.717) is 18.5 Å². The number of carbonyl (C=O) groups is 1. The number of nitrogens with zero attached hydrogens (tertiary/aromatic N) is 3. The van der Waals surface area contributed by atoms with Gasteiger partial charge in [-0.3, -0.25) is 4.79 Å². The van der Waals surface area contributed by atoms with Crippen molar-refractivity contribution >= 4 is 5.91 Å². The second-order valence-corrected chi connectivity index (χ2v) is 6.84. The van der Waals surface area contributed by atoms with Crippen LogP contribution in [0.4, 0.5) is 4.39 Å². The predicted molar refractivity (Wildman–Crippen MR) is 93.3 cm³/mol. The van der Waals surface area contributed by atoms with Crippen LogP contribution in [0.5, 0.6) is 0 Å². The quantitative estimate of drug-likeness (QED) is 0.906. The van der Waals surface area contributed by atoms with Crippen LogP contribution in [0.15, 0.2) is 30.5 Å². The zero-order chi connectivity index (χ0) is 18.0. The summed E-state index contributed by atoms with van der Waals surface area (Å²) in [6, 6.07) is 6.03. The molecule has 5 nitrogen and oxygen atoms in total. The second-order valence-electron chi connectivity index (χ2n) is 6.84. The fourth-order valence-corrected chi connectivity index (χ4v) is 3.61. The monoisotopic (exact) mass is 345 g/mol. The molecule has 6 heteroatoms. The van der Waals surface area contributed by atoms with Crippen LogP contribution in [0.3, 0.4) is 0 Å². The molecule has 0 spiro atoms. The molecule has 0 saturated heterocycles. The smallest absolute Gasteiger partial charge is 0.257 e. The molecule has 1 heterocycles. The van der Waals surface area contributed by atoms with E-state index in [1.807, 2.05) is 6.92 Å². The molecule has 1 saturated carbocycles. The predicted octanol–water partition coefficient (Wildman–Crippen LogP) is 2.95. The van der Waals surface area contributed by atoms with Gasteiger partial charge in [0.1, 0.15) is 5.82 Å². The number of carbonyl (C=O) groups excluding carboxylic acids is 1. The van der Waals surface area contributed by atoms with Crippen LogP contribution in [0.25, 0.3) is 5.69 Å². The highest BCUT2D eigenvalue weighted by molar-refractivity contribution is 5.95. The van der Waals surface area contributed by atoms with E-state index in [2.05, 4.69) is 5.10 Å². The molecule has 0 radical (unpaired) electrons. The maximum atomic E-state index is 13.1. The minimum atomic E-state index is -0.774. The summed E-state index contributed by atoms with van der Waals surface area (Å²) in [6.07, 6.45) is 5.65. The Morgan fingerprint density at radius 2 is 1.96 bits per heavy atom. The molecule has 1 N–H and O–H groups in total. The first-order chi connectivity index (χ1) is 11.9. The van der Waals surface area contributed by atoms with E-state index in [1.165, 1.54) is 12.1 Å². The summed E-state index contributed by atoms with van der Waals surface area (Å²) in [5.41, 5.74) is 1.25. The lowest BCUT2D eigenvalue weighted by molar-refractivity contribution is 0.0156. The van der Waals surface area contributed by atoms with Crippen LogP contribution < -0.4 is 0 Å². The van der Waals surface area contributed by atoms with Gasteiger partial charge in [0.25, 0.3) is 5.91 Å². The van der Waals surface area contributed by atoms with Crippen LogP contribution in [0, 0.1) is 5.82 Å². The van der Waals surface area contributed by atoms with Crippen LogP contribution in [-0.2, 0) is 6.42 Å². The van der Waals surface area contributed by atoms with Gasteiger partial charge in [-0.25, -0.2) is 9.07 Å². The van der Waals surface area contributed by atoms with Gasteiger partial charge in [0.05, 0.1) is 28.7 Å². The maximum absolute atomic E-state index is 13.1. The van der Waals surface area contributed by atoms with E-state index in [0.717, 1.165) is 37.1 Å². The summed E-state index contributed by atoms with van der Waals surface area (Å²) in [7, 11) is 1.72. The first-order valence-corrected chi connectivity index (χ1v) is 8.74. The Hall–Kier alpha value is -2.21.